The Morgan fingerprint density at radius 3 is 2.48 bits per heavy atom. The Balaban J connectivity index is 1.98. The van der Waals surface area contributed by atoms with E-state index in [9.17, 15) is 8.78 Å². The molecule has 2 aromatic carbocycles. The highest BCUT2D eigenvalue weighted by Gasteiger charge is 2.20. The molecule has 1 unspecified atom stereocenters. The second kappa shape index (κ2) is 5.64. The van der Waals surface area contributed by atoms with Crippen LogP contribution in [0.3, 0.4) is 0 Å². The van der Waals surface area contributed by atoms with Crippen molar-refractivity contribution in [2.24, 2.45) is 0 Å². The van der Waals surface area contributed by atoms with Crippen molar-refractivity contribution in [2.75, 3.05) is 13.2 Å². The van der Waals surface area contributed by atoms with Gasteiger partial charge in [0.15, 0.2) is 11.5 Å². The molecular weight excluding hydrogens is 342 g/mol. The van der Waals surface area contributed by atoms with Crippen molar-refractivity contribution in [3.8, 4) is 11.5 Å². The molecule has 5 heteroatoms. The van der Waals surface area contributed by atoms with E-state index in [-0.39, 0.29) is 11.1 Å². The molecule has 0 saturated carbocycles. The highest BCUT2D eigenvalue weighted by molar-refractivity contribution is 9.09. The Kier molecular flexibility index (Phi) is 3.85. The molecule has 0 radical (unpaired) electrons. The van der Waals surface area contributed by atoms with E-state index >= 15 is 0 Å². The summed E-state index contributed by atoms with van der Waals surface area (Å²) in [5.41, 5.74) is 1.33. The molecule has 21 heavy (non-hydrogen) atoms. The van der Waals surface area contributed by atoms with E-state index < -0.39 is 16.5 Å². The predicted molar refractivity (Wildman–Crippen MR) is 79.3 cm³/mol. The Hall–Kier alpha value is -1.62. The van der Waals surface area contributed by atoms with Crippen molar-refractivity contribution < 1.29 is 18.3 Å². The minimum absolute atomic E-state index is 0.259. The first-order valence-electron chi connectivity index (χ1n) is 6.55. The zero-order valence-corrected chi connectivity index (χ0v) is 12.9. The fourth-order valence-electron chi connectivity index (χ4n) is 2.25. The number of aryl methyl sites for hydroxylation is 1. The summed E-state index contributed by atoms with van der Waals surface area (Å²) in [4.78, 5) is -0.455. The topological polar surface area (TPSA) is 18.5 Å². The van der Waals surface area contributed by atoms with Crippen LogP contribution in [0, 0.1) is 18.6 Å². The molecule has 0 N–H and O–H groups in total. The lowest BCUT2D eigenvalue weighted by Crippen LogP contribution is -2.15. The predicted octanol–water partition coefficient (Wildman–Crippen LogP) is 4.53. The molecule has 3 rings (SSSR count). The molecule has 2 nitrogen and oxygen atoms in total. The summed E-state index contributed by atoms with van der Waals surface area (Å²) >= 11 is 3.43. The van der Waals surface area contributed by atoms with Gasteiger partial charge in [-0.2, -0.15) is 0 Å². The van der Waals surface area contributed by atoms with E-state index in [2.05, 4.69) is 15.9 Å². The van der Waals surface area contributed by atoms with Gasteiger partial charge in [-0.1, -0.05) is 22.0 Å². The molecular formula is C16H13BrF2O2. The van der Waals surface area contributed by atoms with Gasteiger partial charge in [0.2, 0.25) is 0 Å². The monoisotopic (exact) mass is 354 g/mol. The summed E-state index contributed by atoms with van der Waals surface area (Å²) in [7, 11) is 0. The average Bonchev–Trinajstić information content (AvgIpc) is 2.50. The van der Waals surface area contributed by atoms with Gasteiger partial charge >= 0.3 is 0 Å². The molecule has 0 aromatic heterocycles. The quantitative estimate of drug-likeness (QED) is 0.737. The highest BCUT2D eigenvalue weighted by atomic mass is 79.9. The summed E-state index contributed by atoms with van der Waals surface area (Å²) < 4.78 is 38.7. The van der Waals surface area contributed by atoms with Gasteiger partial charge in [0.1, 0.15) is 24.8 Å². The lowest BCUT2D eigenvalue weighted by Gasteiger charge is -2.20. The summed E-state index contributed by atoms with van der Waals surface area (Å²) in [5, 5.41) is 0. The lowest BCUT2D eigenvalue weighted by molar-refractivity contribution is 0.171. The molecule has 1 atom stereocenters. The van der Waals surface area contributed by atoms with Gasteiger partial charge in [0.25, 0.3) is 0 Å². The van der Waals surface area contributed by atoms with E-state index in [1.807, 2.05) is 6.07 Å². The molecule has 0 aliphatic carbocycles. The van der Waals surface area contributed by atoms with Crippen LogP contribution in [0.2, 0.25) is 0 Å². The molecule has 0 saturated heterocycles. The van der Waals surface area contributed by atoms with Crippen LogP contribution in [0.4, 0.5) is 8.78 Å². The zero-order chi connectivity index (χ0) is 15.0. The molecule has 2 aromatic rings. The number of benzene rings is 2. The van der Waals surface area contributed by atoms with Crippen LogP contribution in [-0.2, 0) is 0 Å². The van der Waals surface area contributed by atoms with Crippen LogP contribution in [0.15, 0.2) is 30.3 Å². The van der Waals surface area contributed by atoms with Gasteiger partial charge in [0.05, 0.1) is 4.83 Å². The first-order chi connectivity index (χ1) is 10.1. The molecule has 1 aliphatic rings. The van der Waals surface area contributed by atoms with Crippen molar-refractivity contribution in [1.29, 1.82) is 0 Å². The maximum atomic E-state index is 14.1. The van der Waals surface area contributed by atoms with E-state index in [1.165, 1.54) is 19.1 Å². The van der Waals surface area contributed by atoms with Crippen molar-refractivity contribution in [3.63, 3.8) is 0 Å². The second-order valence-corrected chi connectivity index (χ2v) is 5.80. The number of alkyl halides is 1. The maximum absolute atomic E-state index is 14.1. The van der Waals surface area contributed by atoms with E-state index in [1.54, 1.807) is 12.1 Å². The maximum Gasteiger partial charge on any atom is 0.161 e. The SMILES string of the molecule is Cc1cc(F)c(C(Br)c2ccc3c(c2)OCCO3)cc1F. The normalized spacial score (nSPS) is 14.9. The fraction of sp³-hybridized carbons (Fsp3) is 0.250. The van der Waals surface area contributed by atoms with Gasteiger partial charge in [0, 0.05) is 5.56 Å². The number of hydrogen-bond acceptors (Lipinski definition) is 2. The van der Waals surface area contributed by atoms with Crippen molar-refractivity contribution in [1.82, 2.24) is 0 Å². The third kappa shape index (κ3) is 2.75. The van der Waals surface area contributed by atoms with Crippen LogP contribution in [0.5, 0.6) is 11.5 Å². The summed E-state index contributed by atoms with van der Waals surface area (Å²) in [6.45, 7) is 2.54. The van der Waals surface area contributed by atoms with Gasteiger partial charge in [-0.15, -0.1) is 0 Å². The molecule has 110 valence electrons. The summed E-state index contributed by atoms with van der Waals surface area (Å²) in [6.07, 6.45) is 0. The Labute approximate surface area is 129 Å². The largest absolute Gasteiger partial charge is 0.486 e. The zero-order valence-electron chi connectivity index (χ0n) is 11.3. The van der Waals surface area contributed by atoms with E-state index in [4.69, 9.17) is 9.47 Å². The standard InChI is InChI=1S/C16H13BrF2O2/c1-9-6-13(19)11(8-12(9)18)16(17)10-2-3-14-15(7-10)21-5-4-20-14/h2-3,6-8,16H,4-5H2,1H3. The van der Waals surface area contributed by atoms with Gasteiger partial charge in [-0.25, -0.2) is 8.78 Å². The Bertz CT molecular complexity index is 688. The third-order valence-corrected chi connectivity index (χ3v) is 4.43. The van der Waals surface area contributed by atoms with Crippen LogP contribution >= 0.6 is 15.9 Å². The van der Waals surface area contributed by atoms with Gasteiger partial charge in [-0.3, -0.25) is 0 Å². The van der Waals surface area contributed by atoms with Gasteiger partial charge in [-0.05, 0) is 42.3 Å². The highest BCUT2D eigenvalue weighted by Crippen LogP contribution is 2.38. The average molecular weight is 355 g/mol. The smallest absolute Gasteiger partial charge is 0.161 e. The van der Waals surface area contributed by atoms with Crippen molar-refractivity contribution in [3.05, 3.63) is 58.7 Å². The molecule has 0 fully saturated rings. The molecule has 0 spiro atoms. The molecule has 1 heterocycles. The summed E-state index contributed by atoms with van der Waals surface area (Å²) in [5.74, 6) is 0.426. The first kappa shape index (κ1) is 14.3. The van der Waals surface area contributed by atoms with Crippen molar-refractivity contribution in [2.45, 2.75) is 11.8 Å². The second-order valence-electron chi connectivity index (χ2n) is 4.89. The van der Waals surface area contributed by atoms with E-state index in [0.717, 1.165) is 5.56 Å². The van der Waals surface area contributed by atoms with Crippen LogP contribution < -0.4 is 9.47 Å². The van der Waals surface area contributed by atoms with Gasteiger partial charge < -0.3 is 9.47 Å². The number of rotatable bonds is 2. The van der Waals surface area contributed by atoms with Crippen molar-refractivity contribution >= 4 is 15.9 Å². The number of fused-ring (bicyclic) bond motifs is 1. The number of halogens is 3. The van der Waals surface area contributed by atoms with Crippen LogP contribution in [0.25, 0.3) is 0 Å². The summed E-state index contributed by atoms with van der Waals surface area (Å²) in [6, 6.07) is 7.80. The number of hydrogen-bond donors (Lipinski definition) is 0. The lowest BCUT2D eigenvalue weighted by atomic mass is 10.0. The third-order valence-electron chi connectivity index (χ3n) is 3.41. The van der Waals surface area contributed by atoms with Crippen LogP contribution in [0.1, 0.15) is 21.5 Å². The molecule has 0 bridgehead atoms. The first-order valence-corrected chi connectivity index (χ1v) is 7.47. The molecule has 1 aliphatic heterocycles. The fourth-order valence-corrected chi connectivity index (χ4v) is 2.89. The number of ether oxygens (including phenoxy) is 2. The minimum Gasteiger partial charge on any atom is -0.486 e. The van der Waals surface area contributed by atoms with E-state index in [0.29, 0.717) is 24.7 Å². The molecule has 0 amide bonds. The minimum atomic E-state index is -0.455. The Morgan fingerprint density at radius 1 is 1.00 bits per heavy atom. The van der Waals surface area contributed by atoms with Crippen LogP contribution in [-0.4, -0.2) is 13.2 Å². The Morgan fingerprint density at radius 2 is 1.71 bits per heavy atom.